The molecule has 110 valence electrons. The van der Waals surface area contributed by atoms with E-state index >= 15 is 0 Å². The van der Waals surface area contributed by atoms with Gasteiger partial charge in [-0.25, -0.2) is 9.18 Å². The zero-order valence-electron chi connectivity index (χ0n) is 11.2. The van der Waals surface area contributed by atoms with E-state index in [4.69, 9.17) is 5.11 Å². The predicted octanol–water partition coefficient (Wildman–Crippen LogP) is 2.25. The summed E-state index contributed by atoms with van der Waals surface area (Å²) in [5.41, 5.74) is 0.232. The molecular weight excluding hydrogens is 289 g/mol. The third-order valence-corrected chi connectivity index (χ3v) is 3.52. The van der Waals surface area contributed by atoms with Crippen LogP contribution in [0.5, 0.6) is 0 Å². The van der Waals surface area contributed by atoms with Gasteiger partial charge in [0.1, 0.15) is 5.82 Å². The highest BCUT2D eigenvalue weighted by Crippen LogP contribution is 2.33. The Bertz CT molecular complexity index is 816. The molecular formula is C16H10FNO4. The van der Waals surface area contributed by atoms with Crippen LogP contribution in [0.25, 0.3) is 0 Å². The Balaban J connectivity index is 2.07. The van der Waals surface area contributed by atoms with Crippen LogP contribution in [0, 0.1) is 5.82 Å². The van der Waals surface area contributed by atoms with E-state index in [9.17, 15) is 18.8 Å². The fraction of sp³-hybridized carbons (Fsp3) is 0.0625. The van der Waals surface area contributed by atoms with E-state index in [-0.39, 0.29) is 23.4 Å². The Hall–Kier alpha value is -3.02. The van der Waals surface area contributed by atoms with Gasteiger partial charge in [-0.05, 0) is 23.8 Å². The molecule has 0 saturated heterocycles. The van der Waals surface area contributed by atoms with Gasteiger partial charge in [0.2, 0.25) is 0 Å². The highest BCUT2D eigenvalue weighted by molar-refractivity contribution is 6.52. The lowest BCUT2D eigenvalue weighted by atomic mass is 10.1. The smallest absolute Gasteiger partial charge is 0.336 e. The second-order valence-corrected chi connectivity index (χ2v) is 4.82. The van der Waals surface area contributed by atoms with Crippen LogP contribution in [0.1, 0.15) is 26.3 Å². The molecule has 1 amide bonds. The summed E-state index contributed by atoms with van der Waals surface area (Å²) in [7, 11) is 0. The minimum Gasteiger partial charge on any atom is -0.478 e. The molecule has 6 heteroatoms. The van der Waals surface area contributed by atoms with Crippen LogP contribution in [-0.2, 0) is 11.3 Å². The molecule has 1 aliphatic heterocycles. The second kappa shape index (κ2) is 5.07. The number of fused-ring (bicyclic) bond motifs is 1. The SMILES string of the molecule is O=C(O)c1ccccc1CN1C(=O)C(=O)c2cccc(F)c21. The van der Waals surface area contributed by atoms with Crippen molar-refractivity contribution in [2.24, 2.45) is 0 Å². The molecule has 0 aromatic heterocycles. The Morgan fingerprint density at radius 3 is 2.55 bits per heavy atom. The van der Waals surface area contributed by atoms with Crippen molar-refractivity contribution in [2.45, 2.75) is 6.54 Å². The number of carboxylic acid groups (broad SMARTS) is 1. The number of ketones is 1. The Morgan fingerprint density at radius 2 is 1.82 bits per heavy atom. The number of halogens is 1. The summed E-state index contributed by atoms with van der Waals surface area (Å²) in [4.78, 5) is 36.1. The van der Waals surface area contributed by atoms with Crippen molar-refractivity contribution < 1.29 is 23.9 Å². The molecule has 0 radical (unpaired) electrons. The van der Waals surface area contributed by atoms with E-state index in [1.54, 1.807) is 12.1 Å². The number of carboxylic acids is 1. The van der Waals surface area contributed by atoms with Gasteiger partial charge in [-0.15, -0.1) is 0 Å². The molecule has 0 spiro atoms. The van der Waals surface area contributed by atoms with Gasteiger partial charge in [-0.2, -0.15) is 0 Å². The number of benzene rings is 2. The maximum Gasteiger partial charge on any atom is 0.336 e. The third-order valence-electron chi connectivity index (χ3n) is 3.52. The van der Waals surface area contributed by atoms with Gasteiger partial charge in [0.15, 0.2) is 0 Å². The van der Waals surface area contributed by atoms with Crippen LogP contribution in [0.15, 0.2) is 42.5 Å². The van der Waals surface area contributed by atoms with E-state index in [1.165, 1.54) is 24.3 Å². The number of para-hydroxylation sites is 1. The van der Waals surface area contributed by atoms with Gasteiger partial charge in [0, 0.05) is 0 Å². The zero-order chi connectivity index (χ0) is 15.9. The molecule has 1 N–H and O–H groups in total. The highest BCUT2D eigenvalue weighted by Gasteiger charge is 2.38. The van der Waals surface area contributed by atoms with Crippen molar-refractivity contribution in [3.8, 4) is 0 Å². The summed E-state index contributed by atoms with van der Waals surface area (Å²) in [6, 6.07) is 9.98. The van der Waals surface area contributed by atoms with E-state index in [0.29, 0.717) is 5.56 Å². The maximum absolute atomic E-state index is 14.0. The molecule has 2 aromatic rings. The highest BCUT2D eigenvalue weighted by atomic mass is 19.1. The van der Waals surface area contributed by atoms with Gasteiger partial charge in [0.25, 0.3) is 11.7 Å². The van der Waals surface area contributed by atoms with Crippen LogP contribution in [0.3, 0.4) is 0 Å². The maximum atomic E-state index is 14.0. The average molecular weight is 299 g/mol. The first-order valence-electron chi connectivity index (χ1n) is 6.46. The van der Waals surface area contributed by atoms with Crippen molar-refractivity contribution in [1.82, 2.24) is 0 Å². The average Bonchev–Trinajstić information content (AvgIpc) is 2.74. The molecule has 1 aliphatic rings. The first-order chi connectivity index (χ1) is 10.5. The second-order valence-electron chi connectivity index (χ2n) is 4.82. The Labute approximate surface area is 124 Å². The number of amides is 1. The number of carbonyl (C=O) groups excluding carboxylic acids is 2. The summed E-state index contributed by atoms with van der Waals surface area (Å²) in [6.45, 7) is -0.180. The van der Waals surface area contributed by atoms with Gasteiger partial charge in [-0.1, -0.05) is 24.3 Å². The Kier molecular flexibility index (Phi) is 3.21. The standard InChI is InChI=1S/C16H10FNO4/c17-12-7-3-6-11-13(12)18(15(20)14(11)19)8-9-4-1-2-5-10(9)16(21)22/h1-7H,8H2,(H,21,22). The topological polar surface area (TPSA) is 74.7 Å². The van der Waals surface area contributed by atoms with Crippen molar-refractivity contribution in [2.75, 3.05) is 4.90 Å². The molecule has 0 atom stereocenters. The number of carbonyl (C=O) groups is 3. The zero-order valence-corrected chi connectivity index (χ0v) is 11.2. The monoisotopic (exact) mass is 299 g/mol. The predicted molar refractivity (Wildman–Crippen MR) is 75.3 cm³/mol. The third kappa shape index (κ3) is 2.05. The minimum absolute atomic E-state index is 0.00203. The van der Waals surface area contributed by atoms with Crippen molar-refractivity contribution >= 4 is 23.3 Å². The molecule has 3 rings (SSSR count). The largest absolute Gasteiger partial charge is 0.478 e. The summed E-state index contributed by atoms with van der Waals surface area (Å²) in [5.74, 6) is -3.49. The molecule has 22 heavy (non-hydrogen) atoms. The van der Waals surface area contributed by atoms with Crippen LogP contribution < -0.4 is 4.90 Å². The van der Waals surface area contributed by atoms with Gasteiger partial charge in [0.05, 0.1) is 23.4 Å². The minimum atomic E-state index is -1.15. The lowest BCUT2D eigenvalue weighted by Gasteiger charge is -2.18. The van der Waals surface area contributed by atoms with Crippen molar-refractivity contribution in [1.29, 1.82) is 0 Å². The number of hydrogen-bond acceptors (Lipinski definition) is 3. The summed E-state index contributed by atoms with van der Waals surface area (Å²) in [6.07, 6.45) is 0. The van der Waals surface area contributed by atoms with Crippen LogP contribution in [0.4, 0.5) is 10.1 Å². The van der Waals surface area contributed by atoms with Crippen LogP contribution >= 0.6 is 0 Å². The summed E-state index contributed by atoms with van der Waals surface area (Å²) in [5, 5.41) is 9.16. The number of hydrogen-bond donors (Lipinski definition) is 1. The molecule has 5 nitrogen and oxygen atoms in total. The molecule has 1 heterocycles. The first kappa shape index (κ1) is 13.9. The molecule has 0 aliphatic carbocycles. The van der Waals surface area contributed by atoms with Crippen molar-refractivity contribution in [3.05, 3.63) is 65.0 Å². The molecule has 0 fully saturated rings. The Morgan fingerprint density at radius 1 is 1.09 bits per heavy atom. The van der Waals surface area contributed by atoms with Gasteiger partial charge < -0.3 is 5.11 Å². The van der Waals surface area contributed by atoms with E-state index in [0.717, 1.165) is 11.0 Å². The fourth-order valence-electron chi connectivity index (χ4n) is 2.50. The summed E-state index contributed by atoms with van der Waals surface area (Å²) >= 11 is 0. The van der Waals surface area contributed by atoms with E-state index in [1.807, 2.05) is 0 Å². The summed E-state index contributed by atoms with van der Waals surface area (Å²) < 4.78 is 14.0. The van der Waals surface area contributed by atoms with Crippen molar-refractivity contribution in [3.63, 3.8) is 0 Å². The number of nitrogens with zero attached hydrogens (tertiary/aromatic N) is 1. The fourth-order valence-corrected chi connectivity index (χ4v) is 2.50. The van der Waals surface area contributed by atoms with Crippen LogP contribution in [-0.4, -0.2) is 22.8 Å². The number of aromatic carboxylic acids is 1. The molecule has 2 aromatic carbocycles. The molecule has 0 unspecified atom stereocenters. The van der Waals surface area contributed by atoms with E-state index < -0.39 is 23.5 Å². The number of rotatable bonds is 3. The lowest BCUT2D eigenvalue weighted by Crippen LogP contribution is -2.30. The number of Topliss-reactive ketones (excluding diaryl/α,β-unsaturated/α-hetero) is 1. The van der Waals surface area contributed by atoms with E-state index in [2.05, 4.69) is 0 Å². The van der Waals surface area contributed by atoms with Gasteiger partial charge >= 0.3 is 5.97 Å². The normalized spacial score (nSPS) is 13.4. The first-order valence-corrected chi connectivity index (χ1v) is 6.46. The molecule has 0 bridgehead atoms. The number of anilines is 1. The quantitative estimate of drug-likeness (QED) is 0.882. The molecule has 0 saturated carbocycles. The lowest BCUT2D eigenvalue weighted by molar-refractivity contribution is -0.114. The van der Waals surface area contributed by atoms with Crippen LogP contribution in [0.2, 0.25) is 0 Å². The van der Waals surface area contributed by atoms with Gasteiger partial charge in [-0.3, -0.25) is 14.5 Å².